The zero-order chi connectivity index (χ0) is 21.8. The van der Waals surface area contributed by atoms with E-state index in [1.54, 1.807) is 4.90 Å². The summed E-state index contributed by atoms with van der Waals surface area (Å²) in [6.45, 7) is 6.09. The molecule has 2 aromatic carbocycles. The van der Waals surface area contributed by atoms with Crippen LogP contribution >= 0.6 is 11.3 Å². The summed E-state index contributed by atoms with van der Waals surface area (Å²) in [5.74, 6) is 1.45. The smallest absolute Gasteiger partial charge is 0.237 e. The first kappa shape index (κ1) is 20.8. The molecule has 2 aromatic heterocycles. The number of benzene rings is 2. The highest BCUT2D eigenvalue weighted by atomic mass is 32.1. The quantitative estimate of drug-likeness (QED) is 0.383. The van der Waals surface area contributed by atoms with Gasteiger partial charge in [-0.3, -0.25) is 9.69 Å². The van der Waals surface area contributed by atoms with Gasteiger partial charge in [0.15, 0.2) is 5.13 Å². The zero-order valence-corrected chi connectivity index (χ0v) is 18.5. The van der Waals surface area contributed by atoms with E-state index in [1.165, 1.54) is 11.3 Å². The van der Waals surface area contributed by atoms with Gasteiger partial charge in [-0.1, -0.05) is 35.5 Å². The highest BCUT2D eigenvalue weighted by molar-refractivity contribution is 7.14. The summed E-state index contributed by atoms with van der Waals surface area (Å²) in [7, 11) is 0. The maximum Gasteiger partial charge on any atom is 0.237 e. The van der Waals surface area contributed by atoms with Crippen LogP contribution in [0.1, 0.15) is 28.3 Å². The van der Waals surface area contributed by atoms with Crippen LogP contribution < -0.4 is 9.64 Å². The number of aryl methyl sites for hydroxylation is 3. The largest absolute Gasteiger partial charge is 0.489 e. The maximum atomic E-state index is 13.2. The molecule has 0 aliphatic carbocycles. The third kappa shape index (κ3) is 4.83. The van der Waals surface area contributed by atoms with Crippen LogP contribution in [-0.4, -0.2) is 16.0 Å². The Labute approximate surface area is 185 Å². The summed E-state index contributed by atoms with van der Waals surface area (Å²) in [4.78, 5) is 19.4. The molecule has 0 bridgehead atoms. The molecule has 158 valence electrons. The van der Waals surface area contributed by atoms with Crippen molar-refractivity contribution in [2.24, 2.45) is 0 Å². The van der Waals surface area contributed by atoms with E-state index in [-0.39, 0.29) is 12.3 Å². The molecule has 0 fully saturated rings. The summed E-state index contributed by atoms with van der Waals surface area (Å²) in [6, 6.07) is 17.2. The van der Waals surface area contributed by atoms with Crippen LogP contribution in [0.25, 0.3) is 0 Å². The molecule has 7 heteroatoms. The molecule has 0 spiro atoms. The van der Waals surface area contributed by atoms with Crippen molar-refractivity contribution in [2.75, 3.05) is 4.90 Å². The van der Waals surface area contributed by atoms with Gasteiger partial charge < -0.3 is 9.26 Å². The van der Waals surface area contributed by atoms with Gasteiger partial charge in [0.05, 0.1) is 29.1 Å². The van der Waals surface area contributed by atoms with Crippen molar-refractivity contribution in [1.29, 1.82) is 0 Å². The monoisotopic (exact) mass is 433 g/mol. The van der Waals surface area contributed by atoms with Gasteiger partial charge in [-0.25, -0.2) is 4.98 Å². The average molecular weight is 434 g/mol. The van der Waals surface area contributed by atoms with Crippen LogP contribution in [0.5, 0.6) is 5.75 Å². The number of ether oxygens (including phenoxy) is 1. The molecular weight excluding hydrogens is 410 g/mol. The first-order valence-corrected chi connectivity index (χ1v) is 10.8. The van der Waals surface area contributed by atoms with Gasteiger partial charge in [-0.2, -0.15) is 0 Å². The van der Waals surface area contributed by atoms with Crippen molar-refractivity contribution in [3.63, 3.8) is 0 Å². The molecule has 4 rings (SSSR count). The normalized spacial score (nSPS) is 10.8. The van der Waals surface area contributed by atoms with E-state index in [0.717, 1.165) is 39.7 Å². The van der Waals surface area contributed by atoms with Crippen molar-refractivity contribution in [1.82, 2.24) is 10.1 Å². The molecule has 0 unspecified atom stereocenters. The van der Waals surface area contributed by atoms with Crippen LogP contribution in [-0.2, 0) is 17.8 Å². The van der Waals surface area contributed by atoms with Crippen molar-refractivity contribution < 1.29 is 14.1 Å². The minimum absolute atomic E-state index is 0.0371. The van der Waals surface area contributed by atoms with Gasteiger partial charge in [0.25, 0.3) is 0 Å². The molecule has 2 heterocycles. The molecule has 0 N–H and O–H groups in total. The van der Waals surface area contributed by atoms with Crippen LogP contribution in [0.15, 0.2) is 64.5 Å². The number of hydrogen-bond acceptors (Lipinski definition) is 6. The molecule has 31 heavy (non-hydrogen) atoms. The lowest BCUT2D eigenvalue weighted by Crippen LogP contribution is -2.27. The fourth-order valence-corrected chi connectivity index (χ4v) is 4.04. The van der Waals surface area contributed by atoms with Crippen LogP contribution in [0.4, 0.5) is 10.8 Å². The number of carbonyl (C=O) groups is 1. The van der Waals surface area contributed by atoms with Crippen molar-refractivity contribution in [3.05, 3.63) is 88.3 Å². The summed E-state index contributed by atoms with van der Waals surface area (Å²) in [5, 5.41) is 6.56. The molecule has 1 amide bonds. The average Bonchev–Trinajstić information content (AvgIpc) is 3.33. The van der Waals surface area contributed by atoms with Crippen LogP contribution in [0, 0.1) is 20.8 Å². The Balaban J connectivity index is 1.46. The predicted octanol–water partition coefficient (Wildman–Crippen LogP) is 5.54. The number of aromatic nitrogens is 2. The number of nitrogens with zero attached hydrogens (tertiary/aromatic N) is 3. The Morgan fingerprint density at radius 1 is 1.06 bits per heavy atom. The molecule has 4 aromatic rings. The Bertz CT molecular complexity index is 1150. The first-order valence-electron chi connectivity index (χ1n) is 9.95. The second-order valence-corrected chi connectivity index (χ2v) is 8.08. The SMILES string of the molecule is Cc1csc(N(C(=O)Cc2ccc(OCc3c(C)noc3C)cc2)c2ccccc2)n1. The first-order chi connectivity index (χ1) is 15.0. The summed E-state index contributed by atoms with van der Waals surface area (Å²) in [6.07, 6.45) is 0.262. The Hall–Kier alpha value is -3.45. The number of anilines is 2. The second kappa shape index (κ2) is 9.14. The minimum Gasteiger partial charge on any atom is -0.489 e. The van der Waals surface area contributed by atoms with Crippen molar-refractivity contribution in [2.45, 2.75) is 33.8 Å². The molecule has 0 aliphatic heterocycles. The van der Waals surface area contributed by atoms with E-state index >= 15 is 0 Å². The van der Waals surface area contributed by atoms with E-state index in [4.69, 9.17) is 9.26 Å². The van der Waals surface area contributed by atoms with E-state index in [2.05, 4.69) is 10.1 Å². The lowest BCUT2D eigenvalue weighted by Gasteiger charge is -2.20. The lowest BCUT2D eigenvalue weighted by molar-refractivity contribution is -0.117. The Kier molecular flexibility index (Phi) is 6.13. The van der Waals surface area contributed by atoms with Gasteiger partial charge in [-0.05, 0) is 50.6 Å². The molecule has 0 radical (unpaired) electrons. The van der Waals surface area contributed by atoms with Crippen molar-refractivity contribution in [3.8, 4) is 5.75 Å². The summed E-state index contributed by atoms with van der Waals surface area (Å²) < 4.78 is 11.0. The Morgan fingerprint density at radius 2 is 1.81 bits per heavy atom. The van der Waals surface area contributed by atoms with Gasteiger partial charge in [0, 0.05) is 5.38 Å². The topological polar surface area (TPSA) is 68.5 Å². The third-order valence-electron chi connectivity index (χ3n) is 4.91. The summed E-state index contributed by atoms with van der Waals surface area (Å²) >= 11 is 1.46. The Morgan fingerprint density at radius 3 is 2.42 bits per heavy atom. The van der Waals surface area contributed by atoms with Crippen LogP contribution in [0.3, 0.4) is 0 Å². The number of rotatable bonds is 7. The van der Waals surface area contributed by atoms with E-state index in [0.29, 0.717) is 11.7 Å². The van der Waals surface area contributed by atoms with Gasteiger partial charge in [-0.15, -0.1) is 11.3 Å². The fourth-order valence-electron chi connectivity index (χ4n) is 3.20. The number of para-hydroxylation sites is 1. The van der Waals surface area contributed by atoms with E-state index in [1.807, 2.05) is 80.7 Å². The molecule has 0 saturated carbocycles. The highest BCUT2D eigenvalue weighted by Gasteiger charge is 2.21. The lowest BCUT2D eigenvalue weighted by atomic mass is 10.1. The molecule has 0 atom stereocenters. The van der Waals surface area contributed by atoms with E-state index < -0.39 is 0 Å². The maximum absolute atomic E-state index is 13.2. The van der Waals surface area contributed by atoms with Gasteiger partial charge in [0.2, 0.25) is 5.91 Å². The summed E-state index contributed by atoms with van der Waals surface area (Å²) in [5.41, 5.74) is 4.40. The fraction of sp³-hybridized carbons (Fsp3) is 0.208. The number of hydrogen-bond donors (Lipinski definition) is 0. The molecule has 6 nitrogen and oxygen atoms in total. The number of thiazole rings is 1. The van der Waals surface area contributed by atoms with Crippen LogP contribution in [0.2, 0.25) is 0 Å². The molecular formula is C24H23N3O3S. The number of carbonyl (C=O) groups excluding carboxylic acids is 1. The zero-order valence-electron chi connectivity index (χ0n) is 17.7. The van der Waals surface area contributed by atoms with Crippen molar-refractivity contribution >= 4 is 28.1 Å². The number of amides is 1. The molecule has 0 saturated heterocycles. The van der Waals surface area contributed by atoms with E-state index in [9.17, 15) is 4.79 Å². The predicted molar refractivity (Wildman–Crippen MR) is 121 cm³/mol. The molecule has 0 aliphatic rings. The third-order valence-corrected chi connectivity index (χ3v) is 5.85. The standard InChI is InChI=1S/C24H23N3O3S/c1-16-15-31-24(25-16)27(20-7-5-4-6-8-20)23(28)13-19-9-11-21(12-10-19)29-14-22-17(2)26-30-18(22)3/h4-12,15H,13-14H2,1-3H3. The minimum atomic E-state index is -0.0371. The second-order valence-electron chi connectivity index (χ2n) is 7.25. The van der Waals surface area contributed by atoms with Gasteiger partial charge in [0.1, 0.15) is 18.1 Å². The highest BCUT2D eigenvalue weighted by Crippen LogP contribution is 2.29. The van der Waals surface area contributed by atoms with Gasteiger partial charge >= 0.3 is 0 Å².